The fourth-order valence-electron chi connectivity index (χ4n) is 1.89. The van der Waals surface area contributed by atoms with Gasteiger partial charge in [0.2, 0.25) is 0 Å². The first-order chi connectivity index (χ1) is 8.99. The normalized spacial score (nSPS) is 10.2. The Labute approximate surface area is 111 Å². The molecule has 4 heteroatoms. The van der Waals surface area contributed by atoms with Gasteiger partial charge in [0.05, 0.1) is 0 Å². The van der Waals surface area contributed by atoms with Gasteiger partial charge in [0.25, 0.3) is 5.91 Å². The molecular weight excluding hydrogens is 240 g/mol. The minimum atomic E-state index is -0.271. The third-order valence-corrected chi connectivity index (χ3v) is 3.06. The number of aryl methyl sites for hydroxylation is 1. The molecule has 0 saturated heterocycles. The zero-order chi connectivity index (χ0) is 14.0. The monoisotopic (exact) mass is 256 g/mol. The van der Waals surface area contributed by atoms with Crippen LogP contribution >= 0.6 is 0 Å². The van der Waals surface area contributed by atoms with E-state index in [0.717, 1.165) is 11.1 Å². The number of phenolic OH excluding ortho intramolecular Hbond substituents is 1. The number of hydrogen-bond donors (Lipinski definition) is 3. The predicted molar refractivity (Wildman–Crippen MR) is 76.4 cm³/mol. The van der Waals surface area contributed by atoms with Gasteiger partial charge in [-0.3, -0.25) is 4.79 Å². The lowest BCUT2D eigenvalue weighted by atomic mass is 10.1. The number of anilines is 2. The van der Waals surface area contributed by atoms with E-state index in [-0.39, 0.29) is 11.7 Å². The van der Waals surface area contributed by atoms with Gasteiger partial charge >= 0.3 is 0 Å². The van der Waals surface area contributed by atoms with Crippen LogP contribution in [-0.4, -0.2) is 11.0 Å². The van der Waals surface area contributed by atoms with E-state index in [2.05, 4.69) is 5.32 Å². The minimum Gasteiger partial charge on any atom is -0.508 e. The Hall–Kier alpha value is -2.49. The largest absolute Gasteiger partial charge is 0.508 e. The number of nitrogen functional groups attached to an aromatic ring is 1. The van der Waals surface area contributed by atoms with Crippen molar-refractivity contribution in [2.75, 3.05) is 11.1 Å². The summed E-state index contributed by atoms with van der Waals surface area (Å²) >= 11 is 0. The van der Waals surface area contributed by atoms with Crippen LogP contribution in [0.3, 0.4) is 0 Å². The van der Waals surface area contributed by atoms with Crippen molar-refractivity contribution in [1.29, 1.82) is 0 Å². The first-order valence-electron chi connectivity index (χ1n) is 5.95. The Morgan fingerprint density at radius 1 is 1.21 bits per heavy atom. The summed E-state index contributed by atoms with van der Waals surface area (Å²) in [6, 6.07) is 9.89. The molecular formula is C15H16N2O2. The van der Waals surface area contributed by atoms with Crippen LogP contribution in [0.5, 0.6) is 5.75 Å². The summed E-state index contributed by atoms with van der Waals surface area (Å²) in [7, 11) is 0. The summed E-state index contributed by atoms with van der Waals surface area (Å²) in [6.45, 7) is 3.77. The first kappa shape index (κ1) is 13.0. The fourth-order valence-corrected chi connectivity index (χ4v) is 1.89. The number of benzene rings is 2. The van der Waals surface area contributed by atoms with Gasteiger partial charge in [-0.1, -0.05) is 12.1 Å². The van der Waals surface area contributed by atoms with Gasteiger partial charge < -0.3 is 16.2 Å². The zero-order valence-corrected chi connectivity index (χ0v) is 10.9. The van der Waals surface area contributed by atoms with Crippen LogP contribution in [-0.2, 0) is 0 Å². The molecule has 0 atom stereocenters. The first-order valence-corrected chi connectivity index (χ1v) is 5.95. The van der Waals surface area contributed by atoms with Crippen LogP contribution in [0.25, 0.3) is 0 Å². The molecule has 2 rings (SSSR count). The average Bonchev–Trinajstić information content (AvgIpc) is 2.39. The number of nitrogens with two attached hydrogens (primary N) is 1. The number of carbonyl (C=O) groups is 1. The number of nitrogens with one attached hydrogen (secondary N) is 1. The molecule has 0 aromatic heterocycles. The number of aromatic hydroxyl groups is 1. The summed E-state index contributed by atoms with van der Waals surface area (Å²) < 4.78 is 0. The topological polar surface area (TPSA) is 75.3 Å². The van der Waals surface area contributed by atoms with Crippen molar-refractivity contribution in [3.8, 4) is 5.75 Å². The highest BCUT2D eigenvalue weighted by molar-refractivity contribution is 6.05. The van der Waals surface area contributed by atoms with Crippen molar-refractivity contribution >= 4 is 17.3 Å². The average molecular weight is 256 g/mol. The summed E-state index contributed by atoms with van der Waals surface area (Å²) in [5.74, 6) is -0.207. The molecule has 0 aliphatic heterocycles. The van der Waals surface area contributed by atoms with Gasteiger partial charge in [0.15, 0.2) is 0 Å². The second kappa shape index (κ2) is 5.02. The van der Waals surface area contributed by atoms with Crippen molar-refractivity contribution < 1.29 is 9.90 Å². The Kier molecular flexibility index (Phi) is 3.42. The standard InChI is InChI=1S/C15H16N2O2/c1-9-6-7-13(16)10(2)14(9)17-15(19)11-4-3-5-12(18)8-11/h3-8,18H,16H2,1-2H3,(H,17,19). The number of amides is 1. The zero-order valence-electron chi connectivity index (χ0n) is 10.9. The Morgan fingerprint density at radius 2 is 1.95 bits per heavy atom. The summed E-state index contributed by atoms with van der Waals surface area (Å²) in [6.07, 6.45) is 0. The Bertz CT molecular complexity index is 636. The summed E-state index contributed by atoms with van der Waals surface area (Å²) in [5, 5.41) is 12.2. The van der Waals surface area contributed by atoms with Gasteiger partial charge in [-0.25, -0.2) is 0 Å². The van der Waals surface area contributed by atoms with E-state index < -0.39 is 0 Å². The van der Waals surface area contributed by atoms with Crippen molar-refractivity contribution in [3.05, 3.63) is 53.1 Å². The van der Waals surface area contributed by atoms with Gasteiger partial charge in [-0.2, -0.15) is 0 Å². The summed E-state index contributed by atoms with van der Waals surface area (Å²) in [5.41, 5.74) is 9.38. The molecule has 2 aromatic carbocycles. The van der Waals surface area contributed by atoms with Crippen molar-refractivity contribution in [1.82, 2.24) is 0 Å². The molecule has 2 aromatic rings. The Balaban J connectivity index is 2.32. The molecule has 0 saturated carbocycles. The quantitative estimate of drug-likeness (QED) is 0.723. The maximum atomic E-state index is 12.1. The highest BCUT2D eigenvalue weighted by Gasteiger charge is 2.11. The maximum Gasteiger partial charge on any atom is 0.255 e. The lowest BCUT2D eigenvalue weighted by Crippen LogP contribution is -2.14. The Morgan fingerprint density at radius 3 is 2.63 bits per heavy atom. The van der Waals surface area contributed by atoms with E-state index in [1.54, 1.807) is 12.1 Å². The molecule has 0 bridgehead atoms. The second-order valence-corrected chi connectivity index (χ2v) is 4.48. The van der Waals surface area contributed by atoms with Crippen molar-refractivity contribution in [2.24, 2.45) is 0 Å². The van der Waals surface area contributed by atoms with Crippen LogP contribution in [0.2, 0.25) is 0 Å². The van der Waals surface area contributed by atoms with Gasteiger partial charge in [0, 0.05) is 16.9 Å². The van der Waals surface area contributed by atoms with Crippen LogP contribution in [0, 0.1) is 13.8 Å². The van der Waals surface area contributed by atoms with Gasteiger partial charge in [-0.15, -0.1) is 0 Å². The number of hydrogen-bond acceptors (Lipinski definition) is 3. The molecule has 98 valence electrons. The molecule has 0 spiro atoms. The maximum absolute atomic E-state index is 12.1. The van der Waals surface area contributed by atoms with E-state index in [4.69, 9.17) is 5.73 Å². The molecule has 0 unspecified atom stereocenters. The van der Waals surface area contributed by atoms with Crippen molar-refractivity contribution in [2.45, 2.75) is 13.8 Å². The summed E-state index contributed by atoms with van der Waals surface area (Å²) in [4.78, 5) is 12.1. The lowest BCUT2D eigenvalue weighted by Gasteiger charge is -2.13. The third kappa shape index (κ3) is 2.68. The van der Waals surface area contributed by atoms with E-state index in [1.807, 2.05) is 26.0 Å². The molecule has 19 heavy (non-hydrogen) atoms. The predicted octanol–water partition coefficient (Wildman–Crippen LogP) is 2.84. The van der Waals surface area contributed by atoms with Crippen LogP contribution in [0.1, 0.15) is 21.5 Å². The molecule has 0 fully saturated rings. The molecule has 4 N–H and O–H groups in total. The smallest absolute Gasteiger partial charge is 0.255 e. The number of rotatable bonds is 2. The van der Waals surface area contributed by atoms with Gasteiger partial charge in [-0.05, 0) is 49.2 Å². The highest BCUT2D eigenvalue weighted by Crippen LogP contribution is 2.26. The van der Waals surface area contributed by atoms with E-state index in [1.165, 1.54) is 12.1 Å². The molecule has 1 amide bonds. The number of carbonyl (C=O) groups excluding carboxylic acids is 1. The SMILES string of the molecule is Cc1ccc(N)c(C)c1NC(=O)c1cccc(O)c1. The van der Waals surface area contributed by atoms with Crippen LogP contribution in [0.4, 0.5) is 11.4 Å². The number of phenols is 1. The van der Waals surface area contributed by atoms with Gasteiger partial charge in [0.1, 0.15) is 5.75 Å². The van der Waals surface area contributed by atoms with E-state index >= 15 is 0 Å². The van der Waals surface area contributed by atoms with Crippen molar-refractivity contribution in [3.63, 3.8) is 0 Å². The molecule has 4 nitrogen and oxygen atoms in total. The molecule has 0 aliphatic rings. The van der Waals surface area contributed by atoms with Crippen LogP contribution < -0.4 is 11.1 Å². The third-order valence-electron chi connectivity index (χ3n) is 3.06. The lowest BCUT2D eigenvalue weighted by molar-refractivity contribution is 0.102. The minimum absolute atomic E-state index is 0.0636. The van der Waals surface area contributed by atoms with E-state index in [9.17, 15) is 9.90 Å². The molecule has 0 heterocycles. The fraction of sp³-hybridized carbons (Fsp3) is 0.133. The highest BCUT2D eigenvalue weighted by atomic mass is 16.3. The van der Waals surface area contributed by atoms with Crippen LogP contribution in [0.15, 0.2) is 36.4 Å². The molecule has 0 radical (unpaired) electrons. The van der Waals surface area contributed by atoms with E-state index in [0.29, 0.717) is 16.9 Å². The molecule has 0 aliphatic carbocycles. The second-order valence-electron chi connectivity index (χ2n) is 4.48.